The monoisotopic (exact) mass is 327 g/mol. The SMILES string of the molecule is Cc1c(Cl)cccc1NC(=O)/C(C#N)=C/c1ccn(C(C)C)c1. The van der Waals surface area contributed by atoms with Gasteiger partial charge in [-0.2, -0.15) is 5.26 Å². The predicted molar refractivity (Wildman–Crippen MR) is 93.2 cm³/mol. The van der Waals surface area contributed by atoms with Crippen LogP contribution in [0.25, 0.3) is 6.08 Å². The van der Waals surface area contributed by atoms with Crippen molar-refractivity contribution in [1.29, 1.82) is 5.26 Å². The molecule has 1 amide bonds. The Balaban J connectivity index is 2.23. The van der Waals surface area contributed by atoms with Crippen molar-refractivity contribution in [2.45, 2.75) is 26.8 Å². The molecule has 2 rings (SSSR count). The molecule has 2 aromatic rings. The summed E-state index contributed by atoms with van der Waals surface area (Å²) in [6, 6.07) is 9.40. The van der Waals surface area contributed by atoms with Gasteiger partial charge < -0.3 is 9.88 Å². The van der Waals surface area contributed by atoms with Crippen molar-refractivity contribution in [3.05, 3.63) is 58.4 Å². The van der Waals surface area contributed by atoms with Gasteiger partial charge in [-0.25, -0.2) is 0 Å². The molecule has 0 aliphatic carbocycles. The molecule has 0 atom stereocenters. The van der Waals surface area contributed by atoms with Gasteiger partial charge in [-0.1, -0.05) is 17.7 Å². The van der Waals surface area contributed by atoms with Crippen molar-refractivity contribution in [1.82, 2.24) is 4.57 Å². The third kappa shape index (κ3) is 4.02. The highest BCUT2D eigenvalue weighted by Gasteiger charge is 2.12. The minimum atomic E-state index is -0.449. The number of nitrogens with one attached hydrogen (secondary N) is 1. The van der Waals surface area contributed by atoms with Crippen LogP contribution in [0.1, 0.15) is 31.0 Å². The number of anilines is 1. The number of nitriles is 1. The van der Waals surface area contributed by atoms with Gasteiger partial charge in [0.25, 0.3) is 5.91 Å². The van der Waals surface area contributed by atoms with Crippen LogP contribution in [0.4, 0.5) is 5.69 Å². The van der Waals surface area contributed by atoms with Crippen LogP contribution in [0.2, 0.25) is 5.02 Å². The molecule has 1 N–H and O–H groups in total. The Morgan fingerprint density at radius 1 is 1.39 bits per heavy atom. The molecule has 0 fully saturated rings. The van der Waals surface area contributed by atoms with Crippen molar-refractivity contribution in [3.8, 4) is 6.07 Å². The van der Waals surface area contributed by atoms with E-state index in [0.29, 0.717) is 16.8 Å². The first kappa shape index (κ1) is 16.9. The van der Waals surface area contributed by atoms with Gasteiger partial charge in [-0.05, 0) is 56.2 Å². The number of carbonyl (C=O) groups excluding carboxylic acids is 1. The summed E-state index contributed by atoms with van der Waals surface area (Å²) in [7, 11) is 0. The molecular weight excluding hydrogens is 310 g/mol. The quantitative estimate of drug-likeness (QED) is 0.660. The van der Waals surface area contributed by atoms with Crippen LogP contribution < -0.4 is 5.32 Å². The van der Waals surface area contributed by atoms with Gasteiger partial charge in [-0.3, -0.25) is 4.79 Å². The van der Waals surface area contributed by atoms with Crippen LogP contribution in [0, 0.1) is 18.3 Å². The Hall–Kier alpha value is -2.51. The highest BCUT2D eigenvalue weighted by atomic mass is 35.5. The van der Waals surface area contributed by atoms with E-state index in [4.69, 9.17) is 11.6 Å². The topological polar surface area (TPSA) is 57.8 Å². The Morgan fingerprint density at radius 2 is 2.13 bits per heavy atom. The lowest BCUT2D eigenvalue weighted by atomic mass is 10.1. The average molecular weight is 328 g/mol. The standard InChI is InChI=1S/C18H18ClN3O/c1-12(2)22-8-7-14(11-22)9-15(10-20)18(23)21-17-6-4-5-16(19)13(17)3/h4-9,11-12H,1-3H3,(H,21,23)/b15-9+. The number of aromatic nitrogens is 1. The van der Waals surface area contributed by atoms with E-state index in [2.05, 4.69) is 19.2 Å². The van der Waals surface area contributed by atoms with Crippen LogP contribution in [0.5, 0.6) is 0 Å². The van der Waals surface area contributed by atoms with E-state index in [1.165, 1.54) is 0 Å². The van der Waals surface area contributed by atoms with Gasteiger partial charge in [0.2, 0.25) is 0 Å². The smallest absolute Gasteiger partial charge is 0.266 e. The molecule has 4 nitrogen and oxygen atoms in total. The first-order valence-electron chi connectivity index (χ1n) is 7.28. The second kappa shape index (κ2) is 7.17. The second-order valence-electron chi connectivity index (χ2n) is 5.52. The molecule has 118 valence electrons. The summed E-state index contributed by atoms with van der Waals surface area (Å²) in [5.41, 5.74) is 2.23. The van der Waals surface area contributed by atoms with Crippen LogP contribution in [0.3, 0.4) is 0 Å². The summed E-state index contributed by atoms with van der Waals surface area (Å²) >= 11 is 6.04. The number of hydrogen-bond donors (Lipinski definition) is 1. The first-order chi connectivity index (χ1) is 10.9. The van der Waals surface area contributed by atoms with Gasteiger partial charge in [0.05, 0.1) is 0 Å². The van der Waals surface area contributed by atoms with Crippen molar-refractivity contribution in [2.24, 2.45) is 0 Å². The lowest BCUT2D eigenvalue weighted by Gasteiger charge is -2.08. The molecule has 0 radical (unpaired) electrons. The van der Waals surface area contributed by atoms with Gasteiger partial charge in [-0.15, -0.1) is 0 Å². The van der Waals surface area contributed by atoms with Crippen molar-refractivity contribution >= 4 is 29.3 Å². The molecule has 1 aromatic carbocycles. The van der Waals surface area contributed by atoms with Crippen molar-refractivity contribution < 1.29 is 4.79 Å². The molecule has 0 aliphatic rings. The van der Waals surface area contributed by atoms with E-state index in [1.54, 1.807) is 24.3 Å². The van der Waals surface area contributed by atoms with E-state index in [0.717, 1.165) is 11.1 Å². The maximum absolute atomic E-state index is 12.3. The molecule has 0 saturated carbocycles. The first-order valence-corrected chi connectivity index (χ1v) is 7.66. The largest absolute Gasteiger partial charge is 0.351 e. The normalized spacial score (nSPS) is 11.4. The average Bonchev–Trinajstić information content (AvgIpc) is 2.98. The molecule has 23 heavy (non-hydrogen) atoms. The number of hydrogen-bond acceptors (Lipinski definition) is 2. The molecule has 1 aromatic heterocycles. The van der Waals surface area contributed by atoms with E-state index in [-0.39, 0.29) is 5.57 Å². The zero-order valence-electron chi connectivity index (χ0n) is 13.3. The van der Waals surface area contributed by atoms with Crippen LogP contribution in [0.15, 0.2) is 42.2 Å². The lowest BCUT2D eigenvalue weighted by molar-refractivity contribution is -0.112. The van der Waals surface area contributed by atoms with Crippen LogP contribution >= 0.6 is 11.6 Å². The number of rotatable bonds is 4. The molecule has 0 spiro atoms. The third-order valence-corrected chi connectivity index (χ3v) is 3.93. The maximum Gasteiger partial charge on any atom is 0.266 e. The van der Waals surface area contributed by atoms with Crippen molar-refractivity contribution in [2.75, 3.05) is 5.32 Å². The van der Waals surface area contributed by atoms with Gasteiger partial charge in [0.1, 0.15) is 11.6 Å². The predicted octanol–water partition coefficient (Wildman–Crippen LogP) is 4.58. The Bertz CT molecular complexity index is 797. The molecular formula is C18H18ClN3O. The fourth-order valence-electron chi connectivity index (χ4n) is 2.08. The number of benzene rings is 1. The second-order valence-corrected chi connectivity index (χ2v) is 5.93. The van der Waals surface area contributed by atoms with Gasteiger partial charge >= 0.3 is 0 Å². The zero-order valence-corrected chi connectivity index (χ0v) is 14.1. The van der Waals surface area contributed by atoms with Crippen LogP contribution in [-0.4, -0.2) is 10.5 Å². The Kier molecular flexibility index (Phi) is 5.25. The van der Waals surface area contributed by atoms with E-state index < -0.39 is 5.91 Å². The highest BCUT2D eigenvalue weighted by molar-refractivity contribution is 6.31. The summed E-state index contributed by atoms with van der Waals surface area (Å²) in [6.07, 6.45) is 5.40. The molecule has 0 bridgehead atoms. The van der Waals surface area contributed by atoms with Crippen LogP contribution in [-0.2, 0) is 4.79 Å². The van der Waals surface area contributed by atoms with Gasteiger partial charge in [0.15, 0.2) is 0 Å². The fourth-order valence-corrected chi connectivity index (χ4v) is 2.26. The maximum atomic E-state index is 12.3. The number of halogens is 1. The lowest BCUT2D eigenvalue weighted by Crippen LogP contribution is -2.14. The summed E-state index contributed by atoms with van der Waals surface area (Å²) in [5.74, 6) is -0.449. The summed E-state index contributed by atoms with van der Waals surface area (Å²) in [6.45, 7) is 5.94. The highest BCUT2D eigenvalue weighted by Crippen LogP contribution is 2.23. The van der Waals surface area contributed by atoms with E-state index in [1.807, 2.05) is 36.0 Å². The molecule has 1 heterocycles. The number of nitrogens with zero attached hydrogens (tertiary/aromatic N) is 2. The molecule has 0 unspecified atom stereocenters. The Labute approximate surface area is 141 Å². The fraction of sp³-hybridized carbons (Fsp3) is 0.222. The molecule has 0 aliphatic heterocycles. The zero-order chi connectivity index (χ0) is 17.0. The minimum absolute atomic E-state index is 0.0471. The van der Waals surface area contributed by atoms with Gasteiger partial charge in [0, 0.05) is 29.1 Å². The summed E-state index contributed by atoms with van der Waals surface area (Å²) < 4.78 is 2.01. The molecule has 0 saturated heterocycles. The Morgan fingerprint density at radius 3 is 2.74 bits per heavy atom. The number of amides is 1. The summed E-state index contributed by atoms with van der Waals surface area (Å²) in [4.78, 5) is 12.3. The number of carbonyl (C=O) groups is 1. The minimum Gasteiger partial charge on any atom is -0.351 e. The van der Waals surface area contributed by atoms with E-state index >= 15 is 0 Å². The summed E-state index contributed by atoms with van der Waals surface area (Å²) in [5, 5.41) is 12.6. The third-order valence-electron chi connectivity index (χ3n) is 3.53. The van der Waals surface area contributed by atoms with Crippen molar-refractivity contribution in [3.63, 3.8) is 0 Å². The van der Waals surface area contributed by atoms with E-state index in [9.17, 15) is 10.1 Å². The molecule has 5 heteroatoms.